The van der Waals surface area contributed by atoms with Gasteiger partial charge in [-0.1, -0.05) is 53.5 Å². The molecule has 1 amide bonds. The summed E-state index contributed by atoms with van der Waals surface area (Å²) in [6.45, 7) is 14.5. The van der Waals surface area contributed by atoms with Crippen LogP contribution in [0.2, 0.25) is 0 Å². The quantitative estimate of drug-likeness (QED) is 0.234. The molecule has 0 spiro atoms. The van der Waals surface area contributed by atoms with Crippen LogP contribution in [0.15, 0.2) is 46.6 Å². The minimum atomic E-state index is -0.898. The van der Waals surface area contributed by atoms with Gasteiger partial charge in [0.2, 0.25) is 5.91 Å². The molecule has 0 radical (unpaired) electrons. The lowest BCUT2D eigenvalue weighted by Crippen LogP contribution is -2.67. The van der Waals surface area contributed by atoms with E-state index in [-0.39, 0.29) is 18.1 Å². The second-order valence-corrected chi connectivity index (χ2v) is 11.2. The van der Waals surface area contributed by atoms with Gasteiger partial charge in [-0.3, -0.25) is 10.2 Å². The predicted octanol–water partition coefficient (Wildman–Crippen LogP) is 5.88. The zero-order chi connectivity index (χ0) is 25.9. The maximum atomic E-state index is 12.6. The van der Waals surface area contributed by atoms with E-state index in [0.717, 1.165) is 24.0 Å². The van der Waals surface area contributed by atoms with Gasteiger partial charge in [-0.2, -0.15) is 11.8 Å². The molecule has 34 heavy (non-hydrogen) atoms. The molecule has 194 valence electrons. The van der Waals surface area contributed by atoms with E-state index in [1.807, 2.05) is 13.2 Å². The third kappa shape index (κ3) is 8.40. The van der Waals surface area contributed by atoms with Crippen LogP contribution in [-0.4, -0.2) is 47.9 Å². The first-order valence-corrected chi connectivity index (χ1v) is 13.7. The Balaban J connectivity index is 3.03. The van der Waals surface area contributed by atoms with Crippen molar-refractivity contribution in [1.29, 1.82) is 0 Å². The number of rotatable bonds is 12. The minimum Gasteiger partial charge on any atom is -0.388 e. The first-order valence-electron chi connectivity index (χ1n) is 12.3. The zero-order valence-corrected chi connectivity index (χ0v) is 23.7. The van der Waals surface area contributed by atoms with Gasteiger partial charge in [0, 0.05) is 24.7 Å². The van der Waals surface area contributed by atoms with Crippen molar-refractivity contribution in [3.63, 3.8) is 0 Å². The number of allylic oxidation sites excluding steroid dienone is 6. The smallest absolute Gasteiger partial charge is 0.238 e. The number of amides is 1. The molecule has 5 nitrogen and oxygen atoms in total. The van der Waals surface area contributed by atoms with Gasteiger partial charge in [-0.15, -0.1) is 0 Å². The standard InChI is InChI=1S/C28H48N2O3S/c1-20(2)12-10-14-22(5)18-25(31)30-29-24-16-17-28(32,19-34-9)27(7,26(24)33-8)23(6)15-11-13-21(3)4/h12-15,24,26,29,32H,10-11,16-19H2,1-9H3,(H,30,31)/b22-14+,23-15+/t24?,26-,27+,28+/m1/s1. The summed E-state index contributed by atoms with van der Waals surface area (Å²) >= 11 is 1.66. The van der Waals surface area contributed by atoms with Crippen LogP contribution in [0, 0.1) is 5.41 Å². The number of hydrogen-bond donors (Lipinski definition) is 3. The third-order valence-electron chi connectivity index (χ3n) is 7.01. The van der Waals surface area contributed by atoms with Crippen LogP contribution in [0.3, 0.4) is 0 Å². The maximum absolute atomic E-state index is 12.6. The van der Waals surface area contributed by atoms with E-state index in [0.29, 0.717) is 25.0 Å². The van der Waals surface area contributed by atoms with E-state index in [1.54, 1.807) is 18.9 Å². The van der Waals surface area contributed by atoms with Crippen LogP contribution >= 0.6 is 11.8 Å². The number of carbonyl (C=O) groups is 1. The summed E-state index contributed by atoms with van der Waals surface area (Å²) in [5, 5.41) is 11.8. The Kier molecular flexibility index (Phi) is 12.9. The van der Waals surface area contributed by atoms with Crippen LogP contribution in [0.25, 0.3) is 0 Å². The average Bonchev–Trinajstić information content (AvgIpc) is 2.74. The largest absolute Gasteiger partial charge is 0.388 e. The van der Waals surface area contributed by atoms with E-state index in [4.69, 9.17) is 4.74 Å². The summed E-state index contributed by atoms with van der Waals surface area (Å²) in [6, 6.07) is -0.108. The fourth-order valence-electron chi connectivity index (χ4n) is 4.79. The maximum Gasteiger partial charge on any atom is 0.238 e. The third-order valence-corrected chi connectivity index (χ3v) is 7.77. The van der Waals surface area contributed by atoms with E-state index < -0.39 is 11.0 Å². The molecule has 1 rings (SSSR count). The number of carbonyl (C=O) groups excluding carboxylic acids is 1. The van der Waals surface area contributed by atoms with Gasteiger partial charge in [0.15, 0.2) is 0 Å². The summed E-state index contributed by atoms with van der Waals surface area (Å²) in [7, 11) is 1.70. The lowest BCUT2D eigenvalue weighted by Gasteiger charge is -2.56. The normalized spacial score (nSPS) is 27.8. The number of ether oxygens (including phenoxy) is 1. The van der Waals surface area contributed by atoms with Gasteiger partial charge < -0.3 is 9.84 Å². The van der Waals surface area contributed by atoms with Crippen molar-refractivity contribution >= 4 is 17.7 Å². The van der Waals surface area contributed by atoms with Gasteiger partial charge in [-0.05, 0) is 73.5 Å². The Morgan fingerprint density at radius 3 is 2.18 bits per heavy atom. The number of aliphatic hydroxyl groups is 1. The van der Waals surface area contributed by atoms with Crippen molar-refractivity contribution in [1.82, 2.24) is 10.9 Å². The molecule has 0 saturated heterocycles. The topological polar surface area (TPSA) is 70.6 Å². The van der Waals surface area contributed by atoms with Crippen molar-refractivity contribution in [2.24, 2.45) is 5.41 Å². The molecule has 1 unspecified atom stereocenters. The zero-order valence-electron chi connectivity index (χ0n) is 22.9. The van der Waals surface area contributed by atoms with E-state index >= 15 is 0 Å². The van der Waals surface area contributed by atoms with Gasteiger partial charge >= 0.3 is 0 Å². The molecular formula is C28H48N2O3S. The number of nitrogens with one attached hydrogen (secondary N) is 2. The molecule has 1 fully saturated rings. The summed E-state index contributed by atoms with van der Waals surface area (Å²) in [5.74, 6) is 0.564. The summed E-state index contributed by atoms with van der Waals surface area (Å²) in [6.07, 6.45) is 13.7. The van der Waals surface area contributed by atoms with Crippen LogP contribution in [-0.2, 0) is 9.53 Å². The average molecular weight is 493 g/mol. The molecule has 0 aromatic rings. The summed E-state index contributed by atoms with van der Waals surface area (Å²) in [5.41, 5.74) is 9.35. The summed E-state index contributed by atoms with van der Waals surface area (Å²) < 4.78 is 6.04. The van der Waals surface area contributed by atoms with Crippen LogP contribution in [0.4, 0.5) is 0 Å². The fourth-order valence-corrected chi connectivity index (χ4v) is 5.72. The lowest BCUT2D eigenvalue weighted by molar-refractivity contribution is -0.156. The Hall–Kier alpha value is -1.34. The number of methoxy groups -OCH3 is 1. The Morgan fingerprint density at radius 1 is 1.06 bits per heavy atom. The molecule has 1 aliphatic rings. The molecule has 1 saturated carbocycles. The highest BCUT2D eigenvalue weighted by Gasteiger charge is 2.58. The summed E-state index contributed by atoms with van der Waals surface area (Å²) in [4.78, 5) is 12.6. The number of thioether (sulfide) groups is 1. The van der Waals surface area contributed by atoms with Gasteiger partial charge in [0.1, 0.15) is 0 Å². The second kappa shape index (κ2) is 14.3. The number of hydrazine groups is 1. The van der Waals surface area contributed by atoms with Gasteiger partial charge in [0.25, 0.3) is 0 Å². The van der Waals surface area contributed by atoms with Crippen LogP contribution in [0.1, 0.15) is 80.6 Å². The molecule has 0 aliphatic heterocycles. The first-order chi connectivity index (χ1) is 15.9. The van der Waals surface area contributed by atoms with Gasteiger partial charge in [0.05, 0.1) is 17.7 Å². The highest BCUT2D eigenvalue weighted by molar-refractivity contribution is 7.98. The van der Waals surface area contributed by atoms with Crippen molar-refractivity contribution in [3.05, 3.63) is 46.6 Å². The van der Waals surface area contributed by atoms with Crippen molar-refractivity contribution < 1.29 is 14.6 Å². The molecule has 0 aromatic carbocycles. The molecule has 1 aliphatic carbocycles. The fraction of sp³-hybridized carbons (Fsp3) is 0.679. The molecule has 3 N–H and O–H groups in total. The minimum absolute atomic E-state index is 0.0664. The van der Waals surface area contributed by atoms with Crippen molar-refractivity contribution in [3.8, 4) is 0 Å². The number of hydrogen-bond acceptors (Lipinski definition) is 5. The Bertz CT molecular complexity index is 793. The molecule has 0 aromatic heterocycles. The molecular weight excluding hydrogens is 444 g/mol. The first kappa shape index (κ1) is 30.7. The van der Waals surface area contributed by atoms with E-state index in [1.165, 1.54) is 11.1 Å². The lowest BCUT2D eigenvalue weighted by atomic mass is 9.58. The molecule has 0 heterocycles. The van der Waals surface area contributed by atoms with Crippen LogP contribution in [0.5, 0.6) is 0 Å². The SMILES string of the molecule is CO[C@@H]1C(NNC(=O)C/C(C)=C/CC=C(C)C)CC[C@](O)(CSC)[C@@]1(C)/C(C)=C/CC=C(C)C. The highest BCUT2D eigenvalue weighted by atomic mass is 32.2. The second-order valence-electron chi connectivity index (χ2n) is 10.3. The van der Waals surface area contributed by atoms with Crippen molar-refractivity contribution in [2.45, 2.75) is 98.3 Å². The molecule has 0 bridgehead atoms. The van der Waals surface area contributed by atoms with Crippen LogP contribution < -0.4 is 10.9 Å². The monoisotopic (exact) mass is 492 g/mol. The van der Waals surface area contributed by atoms with E-state index in [2.05, 4.69) is 76.7 Å². The predicted molar refractivity (Wildman–Crippen MR) is 147 cm³/mol. The van der Waals surface area contributed by atoms with Crippen molar-refractivity contribution in [2.75, 3.05) is 19.1 Å². The Labute approximate surface area is 212 Å². The molecule has 4 atom stereocenters. The van der Waals surface area contributed by atoms with Gasteiger partial charge in [-0.25, -0.2) is 5.43 Å². The highest BCUT2D eigenvalue weighted by Crippen LogP contribution is 2.51. The molecule has 6 heteroatoms. The Morgan fingerprint density at radius 2 is 1.65 bits per heavy atom. The van der Waals surface area contributed by atoms with E-state index in [9.17, 15) is 9.90 Å².